The largest absolute Gasteiger partial charge is 0.271 e. The Morgan fingerprint density at radius 1 is 1.58 bits per heavy atom. The Morgan fingerprint density at radius 3 is 2.84 bits per heavy atom. The molecule has 0 saturated carbocycles. The molecule has 0 spiro atoms. The van der Waals surface area contributed by atoms with Crippen LogP contribution in [0.1, 0.15) is 13.3 Å². The van der Waals surface area contributed by atoms with Gasteiger partial charge in [0.25, 0.3) is 0 Å². The van der Waals surface area contributed by atoms with Crippen LogP contribution >= 0.6 is 23.4 Å². The molecule has 0 aliphatic carbocycles. The summed E-state index contributed by atoms with van der Waals surface area (Å²) in [7, 11) is -1.86. The first kappa shape index (κ1) is 16.8. The van der Waals surface area contributed by atoms with E-state index in [-0.39, 0.29) is 10.9 Å². The maximum Gasteiger partial charge on any atom is 0.246 e. The number of hydrogen-bond acceptors (Lipinski definition) is 4. The fraction of sp³-hybridized carbons (Fsp3) is 0.727. The maximum atomic E-state index is 12.4. The van der Waals surface area contributed by atoms with Crippen molar-refractivity contribution in [1.29, 1.82) is 0 Å². The molecule has 1 rings (SSSR count). The highest BCUT2D eigenvalue weighted by molar-refractivity contribution is 7.98. The van der Waals surface area contributed by atoms with Crippen LogP contribution in [0.2, 0.25) is 0 Å². The normalized spacial score (nSPS) is 13.9. The molecule has 8 heteroatoms. The number of thioether (sulfide) groups is 1. The van der Waals surface area contributed by atoms with Crippen LogP contribution in [0.15, 0.2) is 17.3 Å². The van der Waals surface area contributed by atoms with Crippen molar-refractivity contribution >= 4 is 33.4 Å². The fourth-order valence-electron chi connectivity index (χ4n) is 1.57. The second-order valence-corrected chi connectivity index (χ2v) is 7.59. The van der Waals surface area contributed by atoms with Gasteiger partial charge in [0, 0.05) is 37.5 Å². The molecule has 1 unspecified atom stereocenters. The Bertz CT molecular complexity index is 490. The molecule has 5 nitrogen and oxygen atoms in total. The Morgan fingerprint density at radius 2 is 2.26 bits per heavy atom. The minimum absolute atomic E-state index is 0.0498. The highest BCUT2D eigenvalue weighted by Gasteiger charge is 2.26. The van der Waals surface area contributed by atoms with Crippen molar-refractivity contribution in [2.24, 2.45) is 0 Å². The molecule has 0 aliphatic heterocycles. The van der Waals surface area contributed by atoms with Gasteiger partial charge in [-0.05, 0) is 19.6 Å². The van der Waals surface area contributed by atoms with E-state index in [0.717, 1.165) is 12.2 Å². The molecule has 1 heterocycles. The van der Waals surface area contributed by atoms with Gasteiger partial charge in [-0.25, -0.2) is 8.42 Å². The fourth-order valence-corrected chi connectivity index (χ4v) is 3.81. The molecule has 0 fully saturated rings. The predicted octanol–water partition coefficient (Wildman–Crippen LogP) is 1.88. The van der Waals surface area contributed by atoms with Gasteiger partial charge in [0.2, 0.25) is 10.0 Å². The lowest BCUT2D eigenvalue weighted by molar-refractivity contribution is 0.415. The third kappa shape index (κ3) is 4.37. The summed E-state index contributed by atoms with van der Waals surface area (Å²) in [5, 5.41) is 4.05. The molecule has 1 aromatic rings. The van der Waals surface area contributed by atoms with Crippen molar-refractivity contribution in [2.45, 2.75) is 30.8 Å². The van der Waals surface area contributed by atoms with Crippen LogP contribution < -0.4 is 0 Å². The third-order valence-electron chi connectivity index (χ3n) is 2.84. The molecule has 0 amide bonds. The van der Waals surface area contributed by atoms with Gasteiger partial charge in [-0.1, -0.05) is 0 Å². The first-order chi connectivity index (χ1) is 8.93. The average Bonchev–Trinajstić information content (AvgIpc) is 2.85. The van der Waals surface area contributed by atoms with E-state index >= 15 is 0 Å². The Balaban J connectivity index is 2.84. The maximum absolute atomic E-state index is 12.4. The zero-order chi connectivity index (χ0) is 14.5. The van der Waals surface area contributed by atoms with Gasteiger partial charge < -0.3 is 0 Å². The van der Waals surface area contributed by atoms with Gasteiger partial charge in [-0.3, -0.25) is 4.68 Å². The van der Waals surface area contributed by atoms with Crippen LogP contribution in [0.25, 0.3) is 0 Å². The summed E-state index contributed by atoms with van der Waals surface area (Å²) in [6, 6.07) is -0.0498. The number of halogens is 1. The summed E-state index contributed by atoms with van der Waals surface area (Å²) in [4.78, 5) is 0.234. The Kier molecular flexibility index (Phi) is 6.65. The summed E-state index contributed by atoms with van der Waals surface area (Å²) in [5.74, 6) is 1.29. The molecule has 0 saturated heterocycles. The van der Waals surface area contributed by atoms with Gasteiger partial charge in [-0.2, -0.15) is 21.2 Å². The third-order valence-corrected chi connectivity index (χ3v) is 5.84. The molecule has 0 radical (unpaired) electrons. The second-order valence-electron chi connectivity index (χ2n) is 4.31. The minimum Gasteiger partial charge on any atom is -0.271 e. The molecule has 1 aromatic heterocycles. The molecular formula is C11H20ClN3O2S2. The van der Waals surface area contributed by atoms with Crippen LogP contribution in [0.4, 0.5) is 0 Å². The summed E-state index contributed by atoms with van der Waals surface area (Å²) in [5.41, 5.74) is 0. The SMILES string of the molecule is CSCC(C)N(C)S(=O)(=O)c1cnn(CCCCl)c1. The zero-order valence-corrected chi connectivity index (χ0v) is 13.8. The van der Waals surface area contributed by atoms with Crippen LogP contribution in [0.5, 0.6) is 0 Å². The predicted molar refractivity (Wildman–Crippen MR) is 80.4 cm³/mol. The van der Waals surface area contributed by atoms with E-state index in [0.29, 0.717) is 12.4 Å². The lowest BCUT2D eigenvalue weighted by atomic mass is 10.4. The number of aryl methyl sites for hydroxylation is 1. The van der Waals surface area contributed by atoms with E-state index in [9.17, 15) is 8.42 Å². The molecule has 1 atom stereocenters. The lowest BCUT2D eigenvalue weighted by Gasteiger charge is -2.22. The summed E-state index contributed by atoms with van der Waals surface area (Å²) >= 11 is 7.23. The van der Waals surface area contributed by atoms with Crippen LogP contribution in [-0.2, 0) is 16.6 Å². The van der Waals surface area contributed by atoms with E-state index in [1.54, 1.807) is 29.7 Å². The first-order valence-corrected chi connectivity index (χ1v) is 9.35. The molecule has 0 aromatic carbocycles. The Hall–Kier alpha value is -0.240. The molecule has 0 N–H and O–H groups in total. The lowest BCUT2D eigenvalue weighted by Crippen LogP contribution is -2.36. The van der Waals surface area contributed by atoms with Crippen LogP contribution in [0.3, 0.4) is 0 Å². The smallest absolute Gasteiger partial charge is 0.246 e. The molecule has 19 heavy (non-hydrogen) atoms. The average molecular weight is 326 g/mol. The molecule has 0 bridgehead atoms. The minimum atomic E-state index is -3.46. The number of alkyl halides is 1. The zero-order valence-electron chi connectivity index (χ0n) is 11.4. The standard InChI is InChI=1S/C11H20ClN3O2S2/c1-10(9-18-3)14(2)19(16,17)11-7-13-15(8-11)6-4-5-12/h7-8,10H,4-6,9H2,1-3H3. The van der Waals surface area contributed by atoms with Crippen molar-refractivity contribution in [3.63, 3.8) is 0 Å². The highest BCUT2D eigenvalue weighted by atomic mass is 35.5. The van der Waals surface area contributed by atoms with Gasteiger partial charge in [0.15, 0.2) is 0 Å². The van der Waals surface area contributed by atoms with E-state index in [1.165, 1.54) is 10.5 Å². The van der Waals surface area contributed by atoms with Gasteiger partial charge in [0.05, 0.1) is 6.20 Å². The summed E-state index contributed by atoms with van der Waals surface area (Å²) < 4.78 is 27.8. The van der Waals surface area contributed by atoms with E-state index in [1.807, 2.05) is 13.2 Å². The highest BCUT2D eigenvalue weighted by Crippen LogP contribution is 2.17. The van der Waals surface area contributed by atoms with Gasteiger partial charge in [0.1, 0.15) is 4.90 Å². The second kappa shape index (κ2) is 7.52. The number of nitrogens with zero attached hydrogens (tertiary/aromatic N) is 3. The van der Waals surface area contributed by atoms with E-state index in [2.05, 4.69) is 5.10 Å². The number of hydrogen-bond donors (Lipinski definition) is 0. The van der Waals surface area contributed by atoms with Crippen molar-refractivity contribution in [1.82, 2.24) is 14.1 Å². The molecular weight excluding hydrogens is 306 g/mol. The monoisotopic (exact) mass is 325 g/mol. The number of rotatable bonds is 8. The number of aromatic nitrogens is 2. The van der Waals surface area contributed by atoms with Gasteiger partial charge in [-0.15, -0.1) is 11.6 Å². The topological polar surface area (TPSA) is 55.2 Å². The van der Waals surface area contributed by atoms with Crippen LogP contribution in [0, 0.1) is 0 Å². The van der Waals surface area contributed by atoms with E-state index in [4.69, 9.17) is 11.6 Å². The van der Waals surface area contributed by atoms with Crippen molar-refractivity contribution in [2.75, 3.05) is 24.9 Å². The van der Waals surface area contributed by atoms with E-state index < -0.39 is 10.0 Å². The van der Waals surface area contributed by atoms with Gasteiger partial charge >= 0.3 is 0 Å². The van der Waals surface area contributed by atoms with Crippen molar-refractivity contribution in [3.8, 4) is 0 Å². The summed E-state index contributed by atoms with van der Waals surface area (Å²) in [6.45, 7) is 2.52. The first-order valence-electron chi connectivity index (χ1n) is 5.99. The molecule has 110 valence electrons. The quantitative estimate of drug-likeness (QED) is 0.685. The molecule has 0 aliphatic rings. The van der Waals surface area contributed by atoms with Crippen molar-refractivity contribution in [3.05, 3.63) is 12.4 Å². The number of sulfonamides is 1. The Labute approximate surface area is 124 Å². The van der Waals surface area contributed by atoms with Crippen molar-refractivity contribution < 1.29 is 8.42 Å². The van der Waals surface area contributed by atoms with Crippen LogP contribution in [-0.4, -0.2) is 53.5 Å². The summed E-state index contributed by atoms with van der Waals surface area (Å²) in [6.07, 6.45) is 5.68.